The predicted molar refractivity (Wildman–Crippen MR) is 63.0 cm³/mol. The second-order valence-corrected chi connectivity index (χ2v) is 4.13. The Balaban J connectivity index is 2.45. The molecule has 0 amide bonds. The van der Waals surface area contributed by atoms with Crippen LogP contribution in [0.2, 0.25) is 0 Å². The molecule has 5 heteroatoms. The van der Waals surface area contributed by atoms with E-state index in [-0.39, 0.29) is 6.54 Å². The molecule has 0 aliphatic rings. The van der Waals surface area contributed by atoms with Gasteiger partial charge >= 0.3 is 5.97 Å². The average molecular weight is 281 g/mol. The van der Waals surface area contributed by atoms with Gasteiger partial charge in [0.1, 0.15) is 6.54 Å². The van der Waals surface area contributed by atoms with Crippen LogP contribution in [0.25, 0.3) is 11.3 Å². The lowest BCUT2D eigenvalue weighted by Crippen LogP contribution is -2.08. The zero-order chi connectivity index (χ0) is 11.5. The van der Waals surface area contributed by atoms with E-state index in [0.29, 0.717) is 0 Å². The Bertz CT molecular complexity index is 522. The number of carboxylic acids is 1. The highest BCUT2D eigenvalue weighted by Crippen LogP contribution is 2.27. The summed E-state index contributed by atoms with van der Waals surface area (Å²) in [7, 11) is 0. The number of benzene rings is 1. The highest BCUT2D eigenvalue weighted by Gasteiger charge is 2.09. The zero-order valence-corrected chi connectivity index (χ0v) is 9.89. The van der Waals surface area contributed by atoms with Crippen molar-refractivity contribution in [2.45, 2.75) is 6.54 Å². The van der Waals surface area contributed by atoms with Gasteiger partial charge in [-0.15, -0.1) is 0 Å². The number of aliphatic carboxylic acids is 1. The predicted octanol–water partition coefficient (Wildman–Crippen LogP) is 2.40. The molecule has 1 heterocycles. The fourth-order valence-corrected chi connectivity index (χ4v) is 1.97. The molecular weight excluding hydrogens is 272 g/mol. The summed E-state index contributed by atoms with van der Waals surface area (Å²) in [6.07, 6.45) is 3.17. The van der Waals surface area contributed by atoms with Gasteiger partial charge in [-0.05, 0) is 6.07 Å². The first-order valence-electron chi connectivity index (χ1n) is 4.65. The van der Waals surface area contributed by atoms with Gasteiger partial charge in [-0.3, -0.25) is 4.79 Å². The van der Waals surface area contributed by atoms with Gasteiger partial charge in [0.15, 0.2) is 0 Å². The molecule has 2 aromatic rings. The van der Waals surface area contributed by atoms with Crippen molar-refractivity contribution in [1.29, 1.82) is 0 Å². The number of aromatic nitrogens is 2. The molecule has 2 rings (SSSR count). The second-order valence-electron chi connectivity index (χ2n) is 3.28. The van der Waals surface area contributed by atoms with E-state index < -0.39 is 5.97 Å². The van der Waals surface area contributed by atoms with E-state index >= 15 is 0 Å². The van der Waals surface area contributed by atoms with E-state index in [1.807, 2.05) is 24.3 Å². The van der Waals surface area contributed by atoms with Crippen LogP contribution in [-0.4, -0.2) is 20.6 Å². The molecule has 0 atom stereocenters. The fraction of sp³-hybridized carbons (Fsp3) is 0.0909. The summed E-state index contributed by atoms with van der Waals surface area (Å²) in [5, 5.41) is 8.77. The second kappa shape index (κ2) is 4.49. The summed E-state index contributed by atoms with van der Waals surface area (Å²) >= 11 is 3.43. The Morgan fingerprint density at radius 3 is 2.88 bits per heavy atom. The summed E-state index contributed by atoms with van der Waals surface area (Å²) in [6, 6.07) is 7.64. The molecule has 0 bridgehead atoms. The van der Waals surface area contributed by atoms with Gasteiger partial charge in [0.25, 0.3) is 0 Å². The van der Waals surface area contributed by atoms with Crippen molar-refractivity contribution < 1.29 is 9.90 Å². The molecule has 4 nitrogen and oxygen atoms in total. The minimum absolute atomic E-state index is 0.0866. The Morgan fingerprint density at radius 2 is 2.19 bits per heavy atom. The summed E-state index contributed by atoms with van der Waals surface area (Å²) in [5.41, 5.74) is 1.72. The van der Waals surface area contributed by atoms with Crippen LogP contribution >= 0.6 is 15.9 Å². The number of rotatable bonds is 3. The highest BCUT2D eigenvalue weighted by molar-refractivity contribution is 9.10. The maximum absolute atomic E-state index is 10.7. The summed E-state index contributed by atoms with van der Waals surface area (Å²) in [6.45, 7) is -0.0866. The topological polar surface area (TPSA) is 55.1 Å². The first kappa shape index (κ1) is 10.9. The van der Waals surface area contributed by atoms with E-state index in [0.717, 1.165) is 15.7 Å². The molecule has 0 radical (unpaired) electrons. The quantitative estimate of drug-likeness (QED) is 0.939. The number of carboxylic acid groups (broad SMARTS) is 1. The Kier molecular flexibility index (Phi) is 3.05. The number of hydrogen-bond donors (Lipinski definition) is 1. The van der Waals surface area contributed by atoms with Crippen molar-refractivity contribution in [3.8, 4) is 11.3 Å². The molecule has 0 fully saturated rings. The molecule has 0 aliphatic carbocycles. The van der Waals surface area contributed by atoms with Crippen molar-refractivity contribution >= 4 is 21.9 Å². The van der Waals surface area contributed by atoms with Crippen LogP contribution < -0.4 is 0 Å². The molecule has 1 aromatic heterocycles. The van der Waals surface area contributed by atoms with E-state index in [2.05, 4.69) is 20.9 Å². The molecule has 0 saturated heterocycles. The van der Waals surface area contributed by atoms with Crippen LogP contribution in [-0.2, 0) is 11.3 Å². The molecule has 82 valence electrons. The first-order chi connectivity index (χ1) is 7.68. The van der Waals surface area contributed by atoms with Gasteiger partial charge in [0, 0.05) is 10.0 Å². The van der Waals surface area contributed by atoms with Crippen molar-refractivity contribution in [3.05, 3.63) is 41.3 Å². The van der Waals surface area contributed by atoms with Crippen LogP contribution in [0.3, 0.4) is 0 Å². The minimum Gasteiger partial charge on any atom is -0.480 e. The smallest absolute Gasteiger partial charge is 0.323 e. The molecular formula is C11H9BrN2O2. The number of nitrogens with zero attached hydrogens (tertiary/aromatic N) is 2. The molecule has 0 spiro atoms. The third-order valence-corrected chi connectivity index (χ3v) is 2.86. The SMILES string of the molecule is O=C(O)Cn1cncc1-c1ccccc1Br. The Morgan fingerprint density at radius 1 is 1.44 bits per heavy atom. The maximum Gasteiger partial charge on any atom is 0.323 e. The van der Waals surface area contributed by atoms with E-state index in [1.54, 1.807) is 10.8 Å². The molecule has 1 N–H and O–H groups in total. The van der Waals surface area contributed by atoms with Gasteiger partial charge in [-0.2, -0.15) is 0 Å². The zero-order valence-electron chi connectivity index (χ0n) is 8.30. The fourth-order valence-electron chi connectivity index (χ4n) is 1.49. The highest BCUT2D eigenvalue weighted by atomic mass is 79.9. The largest absolute Gasteiger partial charge is 0.480 e. The monoisotopic (exact) mass is 280 g/mol. The van der Waals surface area contributed by atoms with Crippen molar-refractivity contribution in [3.63, 3.8) is 0 Å². The van der Waals surface area contributed by atoms with E-state index in [9.17, 15) is 4.79 Å². The third kappa shape index (κ3) is 2.14. The number of carbonyl (C=O) groups is 1. The van der Waals surface area contributed by atoms with Crippen LogP contribution in [0.5, 0.6) is 0 Å². The Labute approximate surface area is 101 Å². The Hall–Kier alpha value is -1.62. The number of halogens is 1. The van der Waals surface area contributed by atoms with Gasteiger partial charge in [-0.25, -0.2) is 4.98 Å². The van der Waals surface area contributed by atoms with Gasteiger partial charge in [0.2, 0.25) is 0 Å². The summed E-state index contributed by atoms with van der Waals surface area (Å²) in [5.74, 6) is -0.883. The lowest BCUT2D eigenvalue weighted by atomic mass is 10.2. The lowest BCUT2D eigenvalue weighted by Gasteiger charge is -2.06. The lowest BCUT2D eigenvalue weighted by molar-refractivity contribution is -0.137. The standard InChI is InChI=1S/C11H9BrN2O2/c12-9-4-2-1-3-8(9)10-5-13-7-14(10)6-11(15)16/h1-5,7H,6H2,(H,15,16). The van der Waals surface area contributed by atoms with Gasteiger partial charge in [-0.1, -0.05) is 34.1 Å². The van der Waals surface area contributed by atoms with Crippen LogP contribution in [0.4, 0.5) is 0 Å². The molecule has 16 heavy (non-hydrogen) atoms. The summed E-state index contributed by atoms with van der Waals surface area (Å²) in [4.78, 5) is 14.6. The molecule has 1 aromatic carbocycles. The number of hydrogen-bond acceptors (Lipinski definition) is 2. The van der Waals surface area contributed by atoms with E-state index in [1.165, 1.54) is 6.33 Å². The maximum atomic E-state index is 10.7. The molecule has 0 unspecified atom stereocenters. The van der Waals surface area contributed by atoms with Crippen LogP contribution in [0.1, 0.15) is 0 Å². The van der Waals surface area contributed by atoms with Crippen molar-refractivity contribution in [2.75, 3.05) is 0 Å². The van der Waals surface area contributed by atoms with Crippen LogP contribution in [0, 0.1) is 0 Å². The molecule has 0 aliphatic heterocycles. The van der Waals surface area contributed by atoms with Crippen LogP contribution in [0.15, 0.2) is 41.3 Å². The first-order valence-corrected chi connectivity index (χ1v) is 5.44. The minimum atomic E-state index is -0.883. The normalized spacial score (nSPS) is 10.3. The van der Waals surface area contributed by atoms with Crippen molar-refractivity contribution in [2.24, 2.45) is 0 Å². The summed E-state index contributed by atoms with van der Waals surface area (Å²) < 4.78 is 2.52. The van der Waals surface area contributed by atoms with Crippen molar-refractivity contribution in [1.82, 2.24) is 9.55 Å². The number of imidazole rings is 1. The van der Waals surface area contributed by atoms with Gasteiger partial charge in [0.05, 0.1) is 18.2 Å². The van der Waals surface area contributed by atoms with E-state index in [4.69, 9.17) is 5.11 Å². The molecule has 0 saturated carbocycles. The average Bonchev–Trinajstić information content (AvgIpc) is 2.66. The van der Waals surface area contributed by atoms with Gasteiger partial charge < -0.3 is 9.67 Å². The third-order valence-electron chi connectivity index (χ3n) is 2.17.